The first kappa shape index (κ1) is 26.5. The van der Waals surface area contributed by atoms with Crippen LogP contribution in [0.25, 0.3) is 0 Å². The number of nitrogens with one attached hydrogen (secondary N) is 1. The largest absolute Gasteiger partial charge is 0.497 e. The van der Waals surface area contributed by atoms with Crippen LogP contribution in [-0.2, 0) is 22.6 Å². The summed E-state index contributed by atoms with van der Waals surface area (Å²) >= 11 is 0. The lowest BCUT2D eigenvalue weighted by molar-refractivity contribution is -0.190. The Kier molecular flexibility index (Phi) is 8.33. The molecule has 2 aliphatic heterocycles. The van der Waals surface area contributed by atoms with Gasteiger partial charge >= 0.3 is 6.03 Å². The van der Waals surface area contributed by atoms with E-state index in [2.05, 4.69) is 5.32 Å². The van der Waals surface area contributed by atoms with E-state index in [1.807, 2.05) is 73.3 Å². The predicted molar refractivity (Wildman–Crippen MR) is 140 cm³/mol. The lowest BCUT2D eigenvalue weighted by Crippen LogP contribution is -2.76. The van der Waals surface area contributed by atoms with Gasteiger partial charge in [0.25, 0.3) is 0 Å². The number of carbonyl (C=O) groups excluding carboxylic acids is 3. The number of hydrogen-bond donors (Lipinski definition) is 1. The number of nitrogens with zero attached hydrogens (tertiary/aromatic N) is 4. The molecule has 0 bridgehead atoms. The van der Waals surface area contributed by atoms with Crippen molar-refractivity contribution in [3.8, 4) is 5.75 Å². The van der Waals surface area contributed by atoms with Gasteiger partial charge < -0.3 is 19.9 Å². The van der Waals surface area contributed by atoms with Gasteiger partial charge in [-0.2, -0.15) is 0 Å². The van der Waals surface area contributed by atoms with E-state index in [4.69, 9.17) is 4.74 Å². The Morgan fingerprint density at radius 1 is 1.08 bits per heavy atom. The molecule has 1 N–H and O–H groups in total. The van der Waals surface area contributed by atoms with Crippen LogP contribution < -0.4 is 10.1 Å². The minimum Gasteiger partial charge on any atom is -0.497 e. The fourth-order valence-electron chi connectivity index (χ4n) is 5.11. The zero-order valence-electron chi connectivity index (χ0n) is 22.1. The zero-order chi connectivity index (χ0) is 26.5. The van der Waals surface area contributed by atoms with Crippen molar-refractivity contribution in [2.45, 2.75) is 45.4 Å². The molecule has 0 spiro atoms. The molecule has 4 amide bonds. The second-order valence-corrected chi connectivity index (χ2v) is 9.80. The molecule has 1 unspecified atom stereocenters. The predicted octanol–water partition coefficient (Wildman–Crippen LogP) is 2.72. The molecule has 4 rings (SSSR count). The summed E-state index contributed by atoms with van der Waals surface area (Å²) in [7, 11) is 3.35. The third kappa shape index (κ3) is 5.72. The van der Waals surface area contributed by atoms with Gasteiger partial charge in [-0.1, -0.05) is 62.7 Å². The van der Waals surface area contributed by atoms with Crippen LogP contribution in [0, 0.1) is 5.92 Å². The summed E-state index contributed by atoms with van der Waals surface area (Å²) in [6.07, 6.45) is 0.883. The van der Waals surface area contributed by atoms with Gasteiger partial charge in [-0.15, -0.1) is 0 Å². The Morgan fingerprint density at radius 3 is 2.43 bits per heavy atom. The maximum atomic E-state index is 13.7. The number of methoxy groups -OCH3 is 1. The average Bonchev–Trinajstić information content (AvgIpc) is 2.91. The van der Waals surface area contributed by atoms with Crippen molar-refractivity contribution in [2.75, 3.05) is 33.8 Å². The maximum Gasteiger partial charge on any atom is 0.334 e. The van der Waals surface area contributed by atoms with E-state index >= 15 is 0 Å². The highest BCUT2D eigenvalue weighted by molar-refractivity contribution is 5.91. The number of fused-ring (bicyclic) bond motifs is 1. The van der Waals surface area contributed by atoms with Crippen LogP contribution in [0.3, 0.4) is 0 Å². The van der Waals surface area contributed by atoms with E-state index in [-0.39, 0.29) is 36.9 Å². The molecular formula is C28H37N5O4. The second kappa shape index (κ2) is 11.6. The van der Waals surface area contributed by atoms with Crippen LogP contribution in [-0.4, -0.2) is 83.7 Å². The van der Waals surface area contributed by atoms with Gasteiger partial charge in [0.1, 0.15) is 18.0 Å². The maximum absolute atomic E-state index is 13.7. The monoisotopic (exact) mass is 507 g/mol. The highest BCUT2D eigenvalue weighted by Gasteiger charge is 2.51. The van der Waals surface area contributed by atoms with Gasteiger partial charge in [0.2, 0.25) is 11.8 Å². The van der Waals surface area contributed by atoms with Crippen LogP contribution >= 0.6 is 0 Å². The highest BCUT2D eigenvalue weighted by Crippen LogP contribution is 2.30. The van der Waals surface area contributed by atoms with Crippen molar-refractivity contribution < 1.29 is 19.1 Å². The van der Waals surface area contributed by atoms with Crippen LogP contribution in [0.2, 0.25) is 0 Å². The molecule has 0 radical (unpaired) electrons. The van der Waals surface area contributed by atoms with E-state index in [9.17, 15) is 14.4 Å². The van der Waals surface area contributed by atoms with Gasteiger partial charge in [-0.25, -0.2) is 14.8 Å². The quantitative estimate of drug-likeness (QED) is 0.594. The molecule has 2 fully saturated rings. The number of benzene rings is 2. The third-order valence-corrected chi connectivity index (χ3v) is 7.38. The molecule has 0 aromatic heterocycles. The molecule has 9 nitrogen and oxygen atoms in total. The summed E-state index contributed by atoms with van der Waals surface area (Å²) in [5, 5.41) is 6.25. The summed E-state index contributed by atoms with van der Waals surface area (Å²) < 4.78 is 5.21. The Labute approximate surface area is 218 Å². The number of carbonyl (C=O) groups is 3. The molecule has 2 aromatic carbocycles. The molecule has 2 aliphatic rings. The van der Waals surface area contributed by atoms with E-state index in [0.717, 1.165) is 23.3 Å². The lowest BCUT2D eigenvalue weighted by atomic mass is 9.92. The van der Waals surface area contributed by atoms with Gasteiger partial charge in [0, 0.05) is 20.1 Å². The van der Waals surface area contributed by atoms with E-state index in [0.29, 0.717) is 19.5 Å². The van der Waals surface area contributed by atoms with Gasteiger partial charge in [-0.05, 0) is 35.6 Å². The number of rotatable bonds is 8. The van der Waals surface area contributed by atoms with Crippen molar-refractivity contribution in [3.63, 3.8) is 0 Å². The smallest absolute Gasteiger partial charge is 0.334 e. The Hall–Kier alpha value is -3.59. The molecule has 0 aliphatic carbocycles. The summed E-state index contributed by atoms with van der Waals surface area (Å²) in [6.45, 7) is 5.19. The fraction of sp³-hybridized carbons (Fsp3) is 0.464. The number of hydrogen-bond acceptors (Lipinski definition) is 5. The van der Waals surface area contributed by atoms with E-state index in [1.165, 1.54) is 0 Å². The van der Waals surface area contributed by atoms with Gasteiger partial charge in [-0.3, -0.25) is 9.59 Å². The van der Waals surface area contributed by atoms with Crippen molar-refractivity contribution in [2.24, 2.45) is 5.92 Å². The topological polar surface area (TPSA) is 85.4 Å². The number of ether oxygens (including phenoxy) is 1. The first-order valence-electron chi connectivity index (χ1n) is 12.9. The zero-order valence-corrected chi connectivity index (χ0v) is 22.1. The van der Waals surface area contributed by atoms with Crippen molar-refractivity contribution in [1.29, 1.82) is 0 Å². The van der Waals surface area contributed by atoms with Crippen molar-refractivity contribution in [1.82, 2.24) is 25.1 Å². The van der Waals surface area contributed by atoms with E-state index in [1.54, 1.807) is 29.1 Å². The highest BCUT2D eigenvalue weighted by atomic mass is 16.5. The molecular weight excluding hydrogens is 470 g/mol. The first-order valence-corrected chi connectivity index (χ1v) is 12.9. The van der Waals surface area contributed by atoms with Crippen LogP contribution in [0.5, 0.6) is 5.75 Å². The standard InChI is InChI=1S/C28H37N5O4/c1-5-20(2)26-27(35)31(16-15-21-9-7-6-8-10-21)18-24-32(26)25(34)19-30(3)33(24)28(36)29-17-22-11-13-23(37-4)14-12-22/h6-14,20,24,26H,5,15-19H2,1-4H3,(H,29,36)/t20?,24-,26-/m0/s1. The molecule has 2 saturated heterocycles. The van der Waals surface area contributed by atoms with Crippen LogP contribution in [0.15, 0.2) is 54.6 Å². The number of likely N-dealkylation sites (N-methyl/N-ethyl adjacent to an activating group) is 1. The number of hydrazine groups is 1. The first-order chi connectivity index (χ1) is 17.8. The molecule has 3 atom stereocenters. The second-order valence-electron chi connectivity index (χ2n) is 9.80. The molecule has 198 valence electrons. The number of piperazine rings is 1. The minimum absolute atomic E-state index is 0.0360. The number of urea groups is 1. The van der Waals surface area contributed by atoms with Crippen molar-refractivity contribution >= 4 is 17.8 Å². The van der Waals surface area contributed by atoms with Crippen LogP contribution in [0.4, 0.5) is 4.79 Å². The van der Waals surface area contributed by atoms with Gasteiger partial charge in [0.15, 0.2) is 0 Å². The fourth-order valence-corrected chi connectivity index (χ4v) is 5.11. The Morgan fingerprint density at radius 2 is 1.78 bits per heavy atom. The minimum atomic E-state index is -0.599. The molecule has 0 saturated carbocycles. The molecule has 37 heavy (non-hydrogen) atoms. The average molecular weight is 508 g/mol. The summed E-state index contributed by atoms with van der Waals surface area (Å²) in [5.74, 6) is 0.538. The summed E-state index contributed by atoms with van der Waals surface area (Å²) in [5.41, 5.74) is 2.08. The van der Waals surface area contributed by atoms with E-state index < -0.39 is 12.2 Å². The Bertz CT molecular complexity index is 1090. The Balaban J connectivity index is 1.56. The molecule has 2 aromatic rings. The summed E-state index contributed by atoms with van der Waals surface area (Å²) in [4.78, 5) is 43.9. The number of amides is 4. The normalized spacial score (nSPS) is 21.0. The molecule has 2 heterocycles. The third-order valence-electron chi connectivity index (χ3n) is 7.38. The van der Waals surface area contributed by atoms with Crippen LogP contribution in [0.1, 0.15) is 31.4 Å². The molecule has 9 heteroatoms. The summed E-state index contributed by atoms with van der Waals surface area (Å²) in [6, 6.07) is 16.6. The van der Waals surface area contributed by atoms with Crippen molar-refractivity contribution in [3.05, 3.63) is 65.7 Å². The SMILES string of the molecule is CCC(C)[C@H]1C(=O)N(CCc2ccccc2)C[C@H]2N1C(=O)CN(C)N2C(=O)NCc1ccc(OC)cc1. The van der Waals surface area contributed by atoms with Gasteiger partial charge in [0.05, 0.1) is 20.2 Å². The lowest BCUT2D eigenvalue weighted by Gasteiger charge is -2.55.